The van der Waals surface area contributed by atoms with Crippen LogP contribution in [-0.4, -0.2) is 15.7 Å². The van der Waals surface area contributed by atoms with Gasteiger partial charge in [-0.05, 0) is 25.7 Å². The Bertz CT molecular complexity index is 615. The molecule has 0 unspecified atom stereocenters. The first kappa shape index (κ1) is 12.9. The number of amides is 1. The Morgan fingerprint density at radius 2 is 2.00 bits per heavy atom. The van der Waals surface area contributed by atoms with Crippen molar-refractivity contribution >= 4 is 11.7 Å². The molecule has 0 aromatic carbocycles. The van der Waals surface area contributed by atoms with Gasteiger partial charge in [-0.25, -0.2) is 4.68 Å². The molecule has 2 fully saturated rings. The van der Waals surface area contributed by atoms with E-state index in [4.69, 9.17) is 0 Å². The summed E-state index contributed by atoms with van der Waals surface area (Å²) in [7, 11) is 0. The molecule has 2 heterocycles. The first-order chi connectivity index (χ1) is 10.3. The molecule has 5 nitrogen and oxygen atoms in total. The van der Waals surface area contributed by atoms with E-state index < -0.39 is 5.92 Å². The van der Waals surface area contributed by atoms with Crippen molar-refractivity contribution in [3.63, 3.8) is 0 Å². The fraction of sp³-hybridized carbons (Fsp3) is 0.688. The first-order valence-electron chi connectivity index (χ1n) is 8.05. The molecule has 3 aliphatic rings. The fourth-order valence-corrected chi connectivity index (χ4v) is 4.62. The van der Waals surface area contributed by atoms with Gasteiger partial charge in [0.05, 0.1) is 18.3 Å². The average Bonchev–Trinajstić information content (AvgIpc) is 3.18. The van der Waals surface area contributed by atoms with Crippen molar-refractivity contribution < 1.29 is 4.79 Å². The number of nitrogens with zero attached hydrogens (tertiary/aromatic N) is 3. The Morgan fingerprint density at radius 3 is 2.67 bits per heavy atom. The molecule has 0 radical (unpaired) electrons. The first-order valence-corrected chi connectivity index (χ1v) is 8.05. The quantitative estimate of drug-likeness (QED) is 0.862. The third kappa shape index (κ3) is 1.68. The van der Waals surface area contributed by atoms with Gasteiger partial charge in [-0.15, -0.1) is 0 Å². The minimum Gasteiger partial charge on any atom is -0.309 e. The lowest BCUT2D eigenvalue weighted by atomic mass is 9.68. The van der Waals surface area contributed by atoms with E-state index in [1.54, 1.807) is 0 Å². The Kier molecular flexibility index (Phi) is 2.81. The molecule has 1 N–H and O–H groups in total. The van der Waals surface area contributed by atoms with Crippen LogP contribution in [0.3, 0.4) is 0 Å². The van der Waals surface area contributed by atoms with Crippen molar-refractivity contribution in [1.82, 2.24) is 9.78 Å². The fourth-order valence-electron chi connectivity index (χ4n) is 4.62. The standard InChI is InChI=1S/C16H20N4O/c17-9-12-15(21)19-14-13(16(12)7-3-4-8-16)10-18-20(14)11-5-1-2-6-11/h10-12H,1-8H2,(H,19,21)/t12-/m0/s1. The Morgan fingerprint density at radius 1 is 1.29 bits per heavy atom. The molecule has 1 aromatic heterocycles. The number of hydrogen-bond donors (Lipinski definition) is 1. The summed E-state index contributed by atoms with van der Waals surface area (Å²) in [6, 6.07) is 2.67. The lowest BCUT2D eigenvalue weighted by Crippen LogP contribution is -2.44. The average molecular weight is 284 g/mol. The third-order valence-corrected chi connectivity index (χ3v) is 5.68. The summed E-state index contributed by atoms with van der Waals surface area (Å²) in [6.45, 7) is 0. The van der Waals surface area contributed by atoms with Gasteiger partial charge in [0.15, 0.2) is 0 Å². The molecule has 1 spiro atoms. The van der Waals surface area contributed by atoms with Crippen LogP contribution in [0, 0.1) is 17.2 Å². The molecule has 2 saturated carbocycles. The molecule has 21 heavy (non-hydrogen) atoms. The van der Waals surface area contributed by atoms with Crippen LogP contribution in [0.5, 0.6) is 0 Å². The second-order valence-corrected chi connectivity index (χ2v) is 6.70. The largest absolute Gasteiger partial charge is 0.309 e. The van der Waals surface area contributed by atoms with Gasteiger partial charge in [0.1, 0.15) is 11.7 Å². The van der Waals surface area contributed by atoms with Gasteiger partial charge in [0, 0.05) is 11.0 Å². The molecular formula is C16H20N4O. The van der Waals surface area contributed by atoms with Crippen molar-refractivity contribution in [2.24, 2.45) is 5.92 Å². The lowest BCUT2D eigenvalue weighted by molar-refractivity contribution is -0.120. The zero-order valence-corrected chi connectivity index (χ0v) is 12.1. The number of carbonyl (C=O) groups excluding carboxylic acids is 1. The van der Waals surface area contributed by atoms with Crippen LogP contribution < -0.4 is 5.32 Å². The molecule has 1 aromatic rings. The zero-order chi connectivity index (χ0) is 14.4. The molecule has 1 aliphatic heterocycles. The molecule has 1 atom stereocenters. The summed E-state index contributed by atoms with van der Waals surface area (Å²) >= 11 is 0. The molecule has 2 aliphatic carbocycles. The third-order valence-electron chi connectivity index (χ3n) is 5.68. The van der Waals surface area contributed by atoms with Crippen LogP contribution in [0.4, 0.5) is 5.82 Å². The van der Waals surface area contributed by atoms with Gasteiger partial charge < -0.3 is 5.32 Å². The highest BCUT2D eigenvalue weighted by atomic mass is 16.2. The number of hydrogen-bond acceptors (Lipinski definition) is 3. The minimum atomic E-state index is -0.561. The Hall–Kier alpha value is -1.83. The summed E-state index contributed by atoms with van der Waals surface area (Å²) in [5, 5.41) is 17.1. The normalized spacial score (nSPS) is 27.6. The zero-order valence-electron chi connectivity index (χ0n) is 12.1. The van der Waals surface area contributed by atoms with Crippen LogP contribution in [0.15, 0.2) is 6.20 Å². The number of nitriles is 1. The van der Waals surface area contributed by atoms with Crippen LogP contribution in [0.2, 0.25) is 0 Å². The predicted octanol–water partition coefficient (Wildman–Crippen LogP) is 2.90. The second kappa shape index (κ2) is 4.59. The Balaban J connectivity index is 1.83. The molecule has 5 heteroatoms. The highest BCUT2D eigenvalue weighted by molar-refractivity contribution is 5.98. The molecule has 0 bridgehead atoms. The van der Waals surface area contributed by atoms with Crippen LogP contribution in [0.1, 0.15) is 63.0 Å². The van der Waals surface area contributed by atoms with Crippen molar-refractivity contribution in [3.8, 4) is 6.07 Å². The van der Waals surface area contributed by atoms with E-state index in [0.717, 1.165) is 49.9 Å². The maximum atomic E-state index is 12.4. The predicted molar refractivity (Wildman–Crippen MR) is 77.6 cm³/mol. The van der Waals surface area contributed by atoms with E-state index in [1.807, 2.05) is 10.9 Å². The Labute approximate surface area is 124 Å². The van der Waals surface area contributed by atoms with E-state index in [-0.39, 0.29) is 11.3 Å². The summed E-state index contributed by atoms with van der Waals surface area (Å²) in [4.78, 5) is 12.4. The second-order valence-electron chi connectivity index (χ2n) is 6.70. The summed E-state index contributed by atoms with van der Waals surface area (Å²) in [6.07, 6.45) is 10.7. The van der Waals surface area contributed by atoms with E-state index in [2.05, 4.69) is 16.5 Å². The molecule has 0 saturated heterocycles. The number of anilines is 1. The summed E-state index contributed by atoms with van der Waals surface area (Å²) in [5.41, 5.74) is 0.821. The van der Waals surface area contributed by atoms with Crippen LogP contribution in [-0.2, 0) is 10.2 Å². The highest BCUT2D eigenvalue weighted by Crippen LogP contribution is 2.52. The van der Waals surface area contributed by atoms with Crippen molar-refractivity contribution in [2.75, 3.05) is 5.32 Å². The molecule has 4 rings (SSSR count). The summed E-state index contributed by atoms with van der Waals surface area (Å²) < 4.78 is 2.02. The van der Waals surface area contributed by atoms with E-state index >= 15 is 0 Å². The van der Waals surface area contributed by atoms with Gasteiger partial charge in [-0.2, -0.15) is 10.4 Å². The monoisotopic (exact) mass is 284 g/mol. The highest BCUT2D eigenvalue weighted by Gasteiger charge is 2.52. The van der Waals surface area contributed by atoms with Crippen molar-refractivity contribution in [1.29, 1.82) is 5.26 Å². The van der Waals surface area contributed by atoms with E-state index in [0.29, 0.717) is 6.04 Å². The molecule has 110 valence electrons. The number of rotatable bonds is 1. The van der Waals surface area contributed by atoms with Gasteiger partial charge >= 0.3 is 0 Å². The number of carbonyl (C=O) groups is 1. The van der Waals surface area contributed by atoms with Gasteiger partial charge in [-0.1, -0.05) is 25.7 Å². The van der Waals surface area contributed by atoms with E-state index in [1.165, 1.54) is 12.8 Å². The van der Waals surface area contributed by atoms with Gasteiger partial charge in [-0.3, -0.25) is 4.79 Å². The lowest BCUT2D eigenvalue weighted by Gasteiger charge is -2.37. The molecule has 1 amide bonds. The number of fused-ring (bicyclic) bond motifs is 2. The number of aromatic nitrogens is 2. The maximum absolute atomic E-state index is 12.4. The van der Waals surface area contributed by atoms with Gasteiger partial charge in [0.25, 0.3) is 0 Å². The van der Waals surface area contributed by atoms with Gasteiger partial charge in [0.2, 0.25) is 5.91 Å². The SMILES string of the molecule is N#C[C@H]1C(=O)Nc2c(cnn2C2CCCC2)C12CCCC2. The van der Waals surface area contributed by atoms with Crippen LogP contribution >= 0.6 is 0 Å². The smallest absolute Gasteiger partial charge is 0.243 e. The topological polar surface area (TPSA) is 70.7 Å². The maximum Gasteiger partial charge on any atom is 0.243 e. The van der Waals surface area contributed by atoms with Crippen molar-refractivity contribution in [3.05, 3.63) is 11.8 Å². The molecular weight excluding hydrogens is 264 g/mol. The van der Waals surface area contributed by atoms with E-state index in [9.17, 15) is 10.1 Å². The van der Waals surface area contributed by atoms with Crippen molar-refractivity contribution in [2.45, 2.75) is 62.8 Å². The number of nitrogens with one attached hydrogen (secondary N) is 1. The minimum absolute atomic E-state index is 0.133. The summed E-state index contributed by atoms with van der Waals surface area (Å²) in [5.74, 6) is 0.181. The van der Waals surface area contributed by atoms with Crippen LogP contribution in [0.25, 0.3) is 0 Å².